The zero-order valence-corrected chi connectivity index (χ0v) is 27.1. The molecule has 0 saturated carbocycles. The van der Waals surface area contributed by atoms with Crippen LogP contribution in [0.2, 0.25) is 0 Å². The van der Waals surface area contributed by atoms with Crippen LogP contribution < -0.4 is 0 Å². The lowest BCUT2D eigenvalue weighted by molar-refractivity contribution is 1.17. The van der Waals surface area contributed by atoms with E-state index in [-0.39, 0.29) is 37.3 Å². The average molecular weight is 710 g/mol. The SMILES string of the molecule is [2H]c1c([2H])c(-c2c([2H])c([2H])c([2H])c(-n3c4c([2H])c([2H])c([2H])c([2H])c4c4c([2H])c(-n5c6c([2H])c([2H])c([2H])c([2H])c6c6c([2H])c([2H])c([2H])c([2H])c65)c([2H])c([2H])c43)c2[2H])c([2H])c(-c2c([2H])c(C)c([2H])c3c2sc2c([2H])c([2H])c([2H])c([2H])c23)c1[2H]. The summed E-state index contributed by atoms with van der Waals surface area (Å²) in [7, 11) is 0. The van der Waals surface area contributed by atoms with Gasteiger partial charge in [0.15, 0.2) is 0 Å². The van der Waals surface area contributed by atoms with E-state index in [4.69, 9.17) is 21.9 Å². The van der Waals surface area contributed by atoms with Gasteiger partial charge in [0.05, 0.1) is 61.8 Å². The minimum Gasteiger partial charge on any atom is -0.309 e. The Balaban J connectivity index is 1.31. The Bertz CT molecular complexity index is 4800. The van der Waals surface area contributed by atoms with Gasteiger partial charge in [0.25, 0.3) is 0 Å². The quantitative estimate of drug-likeness (QED) is 0.172. The Morgan fingerprint density at radius 3 is 1.65 bits per heavy atom. The summed E-state index contributed by atoms with van der Waals surface area (Å²) in [5, 5.41) is -2.40. The molecule has 0 unspecified atom stereocenters. The molecule has 3 heterocycles. The lowest BCUT2D eigenvalue weighted by Gasteiger charge is -2.12. The van der Waals surface area contributed by atoms with E-state index in [0.29, 0.717) is 15.9 Å². The maximum absolute atomic E-state index is 9.95. The van der Waals surface area contributed by atoms with Gasteiger partial charge >= 0.3 is 0 Å². The highest BCUT2D eigenvalue weighted by Crippen LogP contribution is 2.42. The average Bonchev–Trinajstić information content (AvgIpc) is 4.35. The molecule has 0 amide bonds. The second-order valence-electron chi connectivity index (χ2n) is 11.5. The maximum Gasteiger partial charge on any atom is 0.0652 e. The van der Waals surface area contributed by atoms with Crippen LogP contribution in [0.5, 0.6) is 0 Å². The number of rotatable bonds is 4. The van der Waals surface area contributed by atoms with Gasteiger partial charge in [-0.3, -0.25) is 0 Å². The van der Waals surface area contributed by atoms with Crippen LogP contribution in [0.4, 0.5) is 0 Å². The molecule has 0 saturated heterocycles. The third-order valence-corrected chi connectivity index (χ3v) is 9.67. The van der Waals surface area contributed by atoms with E-state index in [1.165, 1.54) is 6.92 Å². The topological polar surface area (TPSA) is 9.86 Å². The van der Waals surface area contributed by atoms with Gasteiger partial charge in [-0.05, 0) is 107 Å². The second kappa shape index (κ2) is 11.3. The Labute approximate surface area is 345 Å². The van der Waals surface area contributed by atoms with E-state index in [2.05, 4.69) is 0 Å². The van der Waals surface area contributed by atoms with Crippen molar-refractivity contribution in [2.24, 2.45) is 0 Å². The first-order valence-corrected chi connectivity index (χ1v) is 16.3. The summed E-state index contributed by atoms with van der Waals surface area (Å²) in [4.78, 5) is 0. The van der Waals surface area contributed by atoms with Crippen LogP contribution in [-0.4, -0.2) is 9.13 Å². The summed E-state index contributed by atoms with van der Waals surface area (Å²) >= 11 is 0.704. The molecule has 0 aliphatic rings. The molecule has 0 N–H and O–H groups in total. The molecule has 0 radical (unpaired) electrons. The van der Waals surface area contributed by atoms with E-state index in [0.717, 1.165) is 4.57 Å². The minimum absolute atomic E-state index is 0.0545. The highest BCUT2D eigenvalue weighted by atomic mass is 32.1. The van der Waals surface area contributed by atoms with Gasteiger partial charge in [0, 0.05) is 53.1 Å². The number of nitrogens with zero attached hydrogens (tertiary/aromatic N) is 2. The number of aromatic nitrogens is 2. The third-order valence-electron chi connectivity index (χ3n) is 8.55. The van der Waals surface area contributed by atoms with Gasteiger partial charge < -0.3 is 9.13 Å². The van der Waals surface area contributed by atoms with Crippen molar-refractivity contribution in [3.8, 4) is 33.6 Å². The first-order chi connectivity index (χ1) is 37.8. The van der Waals surface area contributed by atoms with E-state index in [1.807, 2.05) is 0 Å². The number of para-hydroxylation sites is 3. The minimum atomic E-state index is -1.08. The van der Waals surface area contributed by atoms with Crippen LogP contribution in [0.15, 0.2) is 175 Å². The van der Waals surface area contributed by atoms with Crippen molar-refractivity contribution in [1.82, 2.24) is 9.13 Å². The number of benzene rings is 8. The van der Waals surface area contributed by atoms with Gasteiger partial charge in [0.1, 0.15) is 0 Å². The molecule has 0 aliphatic carbocycles. The molecule has 0 atom stereocenters. The fourth-order valence-electron chi connectivity index (χ4n) is 6.40. The molecule has 0 bridgehead atoms. The molecule has 0 aliphatic heterocycles. The molecule has 11 aromatic rings. The summed E-state index contributed by atoms with van der Waals surface area (Å²) < 4.78 is 265. The van der Waals surface area contributed by atoms with Crippen molar-refractivity contribution in [2.45, 2.75) is 6.92 Å². The largest absolute Gasteiger partial charge is 0.309 e. The van der Waals surface area contributed by atoms with Crippen LogP contribution in [0, 0.1) is 6.92 Å². The molecule has 3 aromatic heterocycles. The fraction of sp³-hybridized carbons (Fsp3) is 0.0204. The molecular weight excluding hydrogens is 649 g/mol. The smallest absolute Gasteiger partial charge is 0.0652 e. The molecular formula is C49H32N2S. The molecule has 52 heavy (non-hydrogen) atoms. The lowest BCUT2D eigenvalue weighted by atomic mass is 9.96. The lowest BCUT2D eigenvalue weighted by Crippen LogP contribution is -1.96. The number of fused-ring (bicyclic) bond motifs is 9. The van der Waals surface area contributed by atoms with Crippen LogP contribution >= 0.6 is 11.3 Å². The highest BCUT2D eigenvalue weighted by molar-refractivity contribution is 7.26. The second-order valence-corrected chi connectivity index (χ2v) is 12.5. The van der Waals surface area contributed by atoms with Crippen LogP contribution in [0.3, 0.4) is 0 Å². The van der Waals surface area contributed by atoms with E-state index in [1.54, 1.807) is 0 Å². The van der Waals surface area contributed by atoms with Gasteiger partial charge in [-0.25, -0.2) is 0 Å². The maximum atomic E-state index is 9.95. The highest BCUT2D eigenvalue weighted by Gasteiger charge is 2.17. The Kier molecular flexibility index (Phi) is 2.75. The van der Waals surface area contributed by atoms with Gasteiger partial charge in [0.2, 0.25) is 0 Å². The Hall–Kier alpha value is -6.42. The molecule has 2 nitrogen and oxygen atoms in total. The molecule has 0 spiro atoms. The third kappa shape index (κ3) is 4.36. The van der Waals surface area contributed by atoms with Gasteiger partial charge in [-0.2, -0.15) is 0 Å². The Morgan fingerprint density at radius 2 is 0.942 bits per heavy atom. The summed E-state index contributed by atoms with van der Waals surface area (Å²) in [6.45, 7) is 1.34. The number of hydrogen-bond donors (Lipinski definition) is 0. The Morgan fingerprint density at radius 1 is 0.404 bits per heavy atom. The molecule has 8 aromatic carbocycles. The van der Waals surface area contributed by atoms with Crippen LogP contribution in [-0.2, 0) is 0 Å². The van der Waals surface area contributed by atoms with Gasteiger partial charge in [-0.15, -0.1) is 11.3 Å². The summed E-state index contributed by atoms with van der Waals surface area (Å²) in [5.41, 5.74) is -6.97. The molecule has 244 valence electrons. The van der Waals surface area contributed by atoms with E-state index in [9.17, 15) is 17.8 Å². The molecule has 3 heteroatoms. The summed E-state index contributed by atoms with van der Waals surface area (Å²) in [6.07, 6.45) is 0. The van der Waals surface area contributed by atoms with E-state index >= 15 is 0 Å². The molecule has 0 fully saturated rings. The zero-order chi connectivity index (χ0) is 59.6. The number of hydrogen-bond acceptors (Lipinski definition) is 1. The van der Waals surface area contributed by atoms with Crippen molar-refractivity contribution in [1.29, 1.82) is 0 Å². The predicted molar refractivity (Wildman–Crippen MR) is 224 cm³/mol. The fourth-order valence-corrected chi connectivity index (χ4v) is 7.48. The first kappa shape index (κ1) is 12.7. The van der Waals surface area contributed by atoms with Crippen molar-refractivity contribution in [2.75, 3.05) is 0 Å². The van der Waals surface area contributed by atoms with Crippen molar-refractivity contribution in [3.63, 3.8) is 0 Å². The van der Waals surface area contributed by atoms with Crippen LogP contribution in [0.25, 0.3) is 97.4 Å². The predicted octanol–water partition coefficient (Wildman–Crippen LogP) is 13.9. The van der Waals surface area contributed by atoms with E-state index < -0.39 is 241 Å². The normalized spacial score (nSPS) is 19.8. The van der Waals surface area contributed by atoms with Crippen molar-refractivity contribution >= 4 is 75.1 Å². The van der Waals surface area contributed by atoms with Crippen molar-refractivity contribution < 1.29 is 39.8 Å². The molecule has 11 rings (SSSR count). The summed E-state index contributed by atoms with van der Waals surface area (Å²) in [6, 6.07) is -24.4. The van der Waals surface area contributed by atoms with Crippen molar-refractivity contribution in [3.05, 3.63) is 181 Å². The monoisotopic (exact) mass is 709 g/mol. The van der Waals surface area contributed by atoms with Gasteiger partial charge in [-0.1, -0.05) is 103 Å². The standard InChI is InChI=1S/C49H32N2S/c1-31-26-41(49-43(27-31)40-19-5-9-23-48(40)52-49)34-14-10-12-32(28-34)33-13-11-15-35(29-33)50-46-22-8-4-18-39(46)42-30-36(24-25-47(42)50)51-44-20-6-2-16-37(44)38-17-3-7-21-45(38)51/h2-30H,1H3/i2D,3D,4D,5D,6D,7D,8D,9D,10D,11D,12D,13D,14D,15D,16D,17D,18D,19D,20D,21D,22D,23D,24D,25D,26D,27D,28D,29D,30D. The summed E-state index contributed by atoms with van der Waals surface area (Å²) in [5.74, 6) is 0. The number of thiophene rings is 1. The first-order valence-electron chi connectivity index (χ1n) is 30.0. The zero-order valence-electron chi connectivity index (χ0n) is 55.3. The van der Waals surface area contributed by atoms with Crippen LogP contribution in [0.1, 0.15) is 45.3 Å².